The van der Waals surface area contributed by atoms with Crippen LogP contribution in [0.5, 0.6) is 0 Å². The van der Waals surface area contributed by atoms with Gasteiger partial charge in [-0.1, -0.05) is 25.4 Å². The third-order valence-corrected chi connectivity index (χ3v) is 5.39. The fourth-order valence-corrected chi connectivity index (χ4v) is 3.54. The van der Waals surface area contributed by atoms with Gasteiger partial charge < -0.3 is 15.0 Å². The number of anilines is 1. The van der Waals surface area contributed by atoms with Crippen LogP contribution in [0.3, 0.4) is 0 Å². The number of rotatable bonds is 6. The van der Waals surface area contributed by atoms with Crippen molar-refractivity contribution in [1.29, 1.82) is 0 Å². The molecule has 4 aromatic heterocycles. The van der Waals surface area contributed by atoms with E-state index in [4.69, 9.17) is 26.4 Å². The van der Waals surface area contributed by atoms with Gasteiger partial charge in [-0.3, -0.25) is 4.68 Å². The van der Waals surface area contributed by atoms with E-state index in [1.807, 2.05) is 29.2 Å². The monoisotopic (exact) mass is 423 g/mol. The van der Waals surface area contributed by atoms with E-state index in [1.165, 1.54) is 0 Å². The molecule has 8 nitrogen and oxygen atoms in total. The van der Waals surface area contributed by atoms with E-state index in [-0.39, 0.29) is 6.04 Å². The van der Waals surface area contributed by atoms with E-state index in [0.717, 1.165) is 40.1 Å². The van der Waals surface area contributed by atoms with E-state index < -0.39 is 0 Å². The molecule has 5 heterocycles. The number of H-pyrrole nitrogens is 1. The fourth-order valence-electron chi connectivity index (χ4n) is 3.35. The maximum Gasteiger partial charge on any atom is 0.223 e. The minimum atomic E-state index is 0.227. The van der Waals surface area contributed by atoms with Gasteiger partial charge in [0.05, 0.1) is 30.0 Å². The summed E-state index contributed by atoms with van der Waals surface area (Å²) in [5.41, 5.74) is 4.16. The van der Waals surface area contributed by atoms with Gasteiger partial charge in [0.15, 0.2) is 0 Å². The number of fused-ring (bicyclic) bond motifs is 1. The number of hydrogen-bond acceptors (Lipinski definition) is 6. The second-order valence-electron chi connectivity index (χ2n) is 7.86. The van der Waals surface area contributed by atoms with E-state index in [9.17, 15) is 0 Å². The number of nitrogens with one attached hydrogen (secondary N) is 2. The molecule has 0 saturated carbocycles. The number of nitrogens with zero attached hydrogens (tertiary/aromatic N) is 5. The Bertz CT molecular complexity index is 1200. The Balaban J connectivity index is 1.59. The summed E-state index contributed by atoms with van der Waals surface area (Å²) in [7, 11) is 0. The molecule has 0 unspecified atom stereocenters. The first-order valence-corrected chi connectivity index (χ1v) is 10.3. The zero-order valence-corrected chi connectivity index (χ0v) is 17.5. The molecule has 0 amide bonds. The Labute approximate surface area is 178 Å². The highest BCUT2D eigenvalue weighted by Crippen LogP contribution is 2.34. The molecule has 0 radical (unpaired) electrons. The maximum atomic E-state index is 6.31. The molecule has 30 heavy (non-hydrogen) atoms. The number of aromatic amines is 1. The lowest BCUT2D eigenvalue weighted by molar-refractivity contribution is -0.0285. The van der Waals surface area contributed by atoms with Crippen molar-refractivity contribution in [3.8, 4) is 22.5 Å². The van der Waals surface area contributed by atoms with Crippen LogP contribution in [0.4, 0.5) is 5.95 Å². The minimum absolute atomic E-state index is 0.227. The Morgan fingerprint density at radius 3 is 2.97 bits per heavy atom. The molecule has 0 spiro atoms. The number of hydrogen-bond donors (Lipinski definition) is 2. The number of halogens is 1. The van der Waals surface area contributed by atoms with Gasteiger partial charge in [-0.15, -0.1) is 0 Å². The second-order valence-corrected chi connectivity index (χ2v) is 8.27. The molecule has 1 aliphatic rings. The van der Waals surface area contributed by atoms with Gasteiger partial charge >= 0.3 is 0 Å². The number of aromatic nitrogens is 6. The first-order valence-electron chi connectivity index (χ1n) is 9.95. The van der Waals surface area contributed by atoms with Crippen molar-refractivity contribution < 1.29 is 4.74 Å². The zero-order chi connectivity index (χ0) is 20.7. The van der Waals surface area contributed by atoms with Crippen molar-refractivity contribution in [2.24, 2.45) is 5.92 Å². The molecule has 1 fully saturated rings. The molecule has 2 N–H and O–H groups in total. The molecule has 5 rings (SSSR count). The fraction of sp³-hybridized carbons (Fsp3) is 0.333. The van der Waals surface area contributed by atoms with E-state index in [1.54, 1.807) is 12.4 Å². The summed E-state index contributed by atoms with van der Waals surface area (Å²) >= 11 is 6.31. The largest absolute Gasteiger partial charge is 0.377 e. The highest BCUT2D eigenvalue weighted by atomic mass is 35.5. The van der Waals surface area contributed by atoms with Crippen LogP contribution in [0.2, 0.25) is 5.02 Å². The van der Waals surface area contributed by atoms with Crippen LogP contribution in [-0.2, 0) is 4.74 Å². The Hall–Kier alpha value is -2.97. The lowest BCUT2D eigenvalue weighted by atomic mass is 10.1. The van der Waals surface area contributed by atoms with Crippen molar-refractivity contribution in [3.05, 3.63) is 41.9 Å². The van der Waals surface area contributed by atoms with Gasteiger partial charge in [-0.05, 0) is 18.1 Å². The standard InChI is InChI=1S/C21H22ClN7O/c1-12(2)6-26-21-23-4-3-18(27-21)16-9-29(14-10-30-11-14)28-19(16)13-5-15-17(22)8-25-20(15)24-7-13/h3-5,7-9,12,14H,6,10-11H2,1-2H3,(H,24,25)(H,23,26,27). The average molecular weight is 424 g/mol. The highest BCUT2D eigenvalue weighted by Gasteiger charge is 2.25. The molecule has 1 saturated heterocycles. The Kier molecular flexibility index (Phi) is 4.88. The summed E-state index contributed by atoms with van der Waals surface area (Å²) in [4.78, 5) is 16.7. The van der Waals surface area contributed by atoms with Crippen LogP contribution in [0.25, 0.3) is 33.5 Å². The average Bonchev–Trinajstić information content (AvgIpc) is 3.29. The van der Waals surface area contributed by atoms with Crippen molar-refractivity contribution in [2.45, 2.75) is 19.9 Å². The van der Waals surface area contributed by atoms with Crippen LogP contribution < -0.4 is 5.32 Å². The summed E-state index contributed by atoms with van der Waals surface area (Å²) in [5, 5.41) is 9.66. The smallest absolute Gasteiger partial charge is 0.223 e. The highest BCUT2D eigenvalue weighted by molar-refractivity contribution is 6.35. The molecule has 4 aromatic rings. The van der Waals surface area contributed by atoms with E-state index >= 15 is 0 Å². The molecule has 1 aliphatic heterocycles. The van der Waals surface area contributed by atoms with Gasteiger partial charge in [-0.2, -0.15) is 5.10 Å². The number of pyridine rings is 1. The lowest BCUT2D eigenvalue weighted by Gasteiger charge is -2.25. The van der Waals surface area contributed by atoms with Crippen molar-refractivity contribution in [1.82, 2.24) is 29.7 Å². The zero-order valence-electron chi connectivity index (χ0n) is 16.8. The third-order valence-electron chi connectivity index (χ3n) is 5.08. The van der Waals surface area contributed by atoms with E-state index in [0.29, 0.717) is 30.1 Å². The molecule has 0 bridgehead atoms. The van der Waals surface area contributed by atoms with Crippen LogP contribution in [-0.4, -0.2) is 49.5 Å². The molecule has 0 aliphatic carbocycles. The molecular formula is C21H22ClN7O. The third kappa shape index (κ3) is 3.53. The Morgan fingerprint density at radius 2 is 2.20 bits per heavy atom. The molecular weight excluding hydrogens is 402 g/mol. The first kappa shape index (κ1) is 19.0. The van der Waals surface area contributed by atoms with Gasteiger partial charge in [-0.25, -0.2) is 15.0 Å². The van der Waals surface area contributed by atoms with Crippen molar-refractivity contribution >= 4 is 28.6 Å². The SMILES string of the molecule is CC(C)CNc1nccc(-c2cn(C3COC3)nc2-c2cnc3[nH]cc(Cl)c3c2)n1. The quantitative estimate of drug-likeness (QED) is 0.483. The molecule has 0 aromatic carbocycles. The normalized spacial score (nSPS) is 14.4. The van der Waals surface area contributed by atoms with Gasteiger partial charge in [0.2, 0.25) is 5.95 Å². The van der Waals surface area contributed by atoms with Crippen LogP contribution in [0, 0.1) is 5.92 Å². The van der Waals surface area contributed by atoms with Crippen LogP contribution in [0.1, 0.15) is 19.9 Å². The Morgan fingerprint density at radius 1 is 1.33 bits per heavy atom. The van der Waals surface area contributed by atoms with Gasteiger partial charge in [0.1, 0.15) is 11.3 Å². The van der Waals surface area contributed by atoms with Crippen molar-refractivity contribution in [2.75, 3.05) is 25.1 Å². The predicted octanol–water partition coefficient (Wildman–Crippen LogP) is 4.18. The second kappa shape index (κ2) is 7.70. The van der Waals surface area contributed by atoms with Gasteiger partial charge in [0, 0.05) is 47.8 Å². The predicted molar refractivity (Wildman–Crippen MR) is 117 cm³/mol. The minimum Gasteiger partial charge on any atom is -0.377 e. The topological polar surface area (TPSA) is 93.5 Å². The van der Waals surface area contributed by atoms with Gasteiger partial charge in [0.25, 0.3) is 0 Å². The summed E-state index contributed by atoms with van der Waals surface area (Å²) in [6.07, 6.45) is 7.34. The summed E-state index contributed by atoms with van der Waals surface area (Å²) in [6.45, 7) is 6.42. The van der Waals surface area contributed by atoms with Crippen LogP contribution in [0.15, 0.2) is 36.9 Å². The first-order chi connectivity index (χ1) is 14.6. The van der Waals surface area contributed by atoms with Crippen LogP contribution >= 0.6 is 11.6 Å². The molecule has 9 heteroatoms. The molecule has 154 valence electrons. The van der Waals surface area contributed by atoms with E-state index in [2.05, 4.69) is 34.1 Å². The maximum absolute atomic E-state index is 6.31. The summed E-state index contributed by atoms with van der Waals surface area (Å²) in [6, 6.07) is 4.14. The summed E-state index contributed by atoms with van der Waals surface area (Å²) in [5.74, 6) is 1.10. The number of ether oxygens (including phenoxy) is 1. The lowest BCUT2D eigenvalue weighted by Crippen LogP contribution is -2.30. The molecule has 0 atom stereocenters. The summed E-state index contributed by atoms with van der Waals surface area (Å²) < 4.78 is 7.31. The van der Waals surface area contributed by atoms with Crippen molar-refractivity contribution in [3.63, 3.8) is 0 Å².